The molecule has 1 saturated heterocycles. The monoisotopic (exact) mass is 184 g/mol. The van der Waals surface area contributed by atoms with Crippen molar-refractivity contribution in [2.24, 2.45) is 11.8 Å². The van der Waals surface area contributed by atoms with Crippen molar-refractivity contribution in [3.8, 4) is 0 Å². The molecule has 2 unspecified atom stereocenters. The number of amides is 1. The van der Waals surface area contributed by atoms with Gasteiger partial charge in [-0.25, -0.2) is 0 Å². The highest BCUT2D eigenvalue weighted by atomic mass is 16.2. The van der Waals surface area contributed by atoms with Gasteiger partial charge in [-0.2, -0.15) is 0 Å². The number of hydrogen-bond donors (Lipinski definition) is 1. The van der Waals surface area contributed by atoms with E-state index < -0.39 is 0 Å². The normalized spacial score (nSPS) is 24.8. The zero-order valence-corrected chi connectivity index (χ0v) is 8.84. The SMILES string of the molecule is CNCC(C)C1CCN(C(C)=O)C1. The highest BCUT2D eigenvalue weighted by Gasteiger charge is 2.27. The Kier molecular flexibility index (Phi) is 3.72. The van der Waals surface area contributed by atoms with E-state index in [2.05, 4.69) is 12.2 Å². The molecule has 0 saturated carbocycles. The van der Waals surface area contributed by atoms with Gasteiger partial charge < -0.3 is 10.2 Å². The highest BCUT2D eigenvalue weighted by Crippen LogP contribution is 2.23. The fourth-order valence-corrected chi connectivity index (χ4v) is 2.03. The Morgan fingerprint density at radius 1 is 1.69 bits per heavy atom. The molecule has 0 aliphatic carbocycles. The summed E-state index contributed by atoms with van der Waals surface area (Å²) in [6, 6.07) is 0. The van der Waals surface area contributed by atoms with Crippen LogP contribution in [0, 0.1) is 11.8 Å². The van der Waals surface area contributed by atoms with Crippen LogP contribution in [-0.4, -0.2) is 37.5 Å². The molecule has 1 aliphatic heterocycles. The topological polar surface area (TPSA) is 32.3 Å². The van der Waals surface area contributed by atoms with Crippen molar-refractivity contribution >= 4 is 5.91 Å². The van der Waals surface area contributed by atoms with Crippen LogP contribution in [0.15, 0.2) is 0 Å². The third-order valence-electron chi connectivity index (χ3n) is 3.00. The van der Waals surface area contributed by atoms with Crippen molar-refractivity contribution in [2.45, 2.75) is 20.3 Å². The second kappa shape index (κ2) is 4.61. The molecular weight excluding hydrogens is 164 g/mol. The van der Waals surface area contributed by atoms with Crippen LogP contribution in [0.5, 0.6) is 0 Å². The van der Waals surface area contributed by atoms with E-state index in [-0.39, 0.29) is 5.91 Å². The maximum Gasteiger partial charge on any atom is 0.219 e. The summed E-state index contributed by atoms with van der Waals surface area (Å²) in [4.78, 5) is 13.0. The van der Waals surface area contributed by atoms with Gasteiger partial charge in [0, 0.05) is 20.0 Å². The zero-order chi connectivity index (χ0) is 9.84. The van der Waals surface area contributed by atoms with Gasteiger partial charge in [-0.15, -0.1) is 0 Å². The first-order valence-electron chi connectivity index (χ1n) is 5.05. The number of nitrogens with one attached hydrogen (secondary N) is 1. The van der Waals surface area contributed by atoms with Gasteiger partial charge in [0.2, 0.25) is 5.91 Å². The first kappa shape index (κ1) is 10.5. The number of nitrogens with zero attached hydrogens (tertiary/aromatic N) is 1. The van der Waals surface area contributed by atoms with Crippen LogP contribution in [-0.2, 0) is 4.79 Å². The number of carbonyl (C=O) groups is 1. The number of likely N-dealkylation sites (tertiary alicyclic amines) is 1. The second-order valence-electron chi connectivity index (χ2n) is 4.05. The van der Waals surface area contributed by atoms with Gasteiger partial charge in [-0.1, -0.05) is 6.92 Å². The molecule has 1 fully saturated rings. The van der Waals surface area contributed by atoms with Crippen molar-refractivity contribution in [3.63, 3.8) is 0 Å². The van der Waals surface area contributed by atoms with E-state index in [0.717, 1.165) is 19.6 Å². The summed E-state index contributed by atoms with van der Waals surface area (Å²) in [5.74, 6) is 1.59. The minimum absolute atomic E-state index is 0.221. The van der Waals surface area contributed by atoms with Crippen LogP contribution in [0.4, 0.5) is 0 Å². The molecule has 2 atom stereocenters. The lowest BCUT2D eigenvalue weighted by Crippen LogP contribution is -2.29. The van der Waals surface area contributed by atoms with Crippen molar-refractivity contribution in [2.75, 3.05) is 26.7 Å². The summed E-state index contributed by atoms with van der Waals surface area (Å²) < 4.78 is 0. The predicted octanol–water partition coefficient (Wildman–Crippen LogP) is 0.710. The summed E-state index contributed by atoms with van der Waals surface area (Å²) in [6.07, 6.45) is 1.17. The average molecular weight is 184 g/mol. The summed E-state index contributed by atoms with van der Waals surface area (Å²) in [7, 11) is 1.98. The summed E-state index contributed by atoms with van der Waals surface area (Å²) in [6.45, 7) is 6.87. The van der Waals surface area contributed by atoms with E-state index in [1.54, 1.807) is 6.92 Å². The van der Waals surface area contributed by atoms with E-state index in [9.17, 15) is 4.79 Å². The fourth-order valence-electron chi connectivity index (χ4n) is 2.03. The average Bonchev–Trinajstić information content (AvgIpc) is 2.52. The largest absolute Gasteiger partial charge is 0.343 e. The highest BCUT2D eigenvalue weighted by molar-refractivity contribution is 5.73. The van der Waals surface area contributed by atoms with Gasteiger partial charge in [0.25, 0.3) is 0 Å². The van der Waals surface area contributed by atoms with Gasteiger partial charge in [0.05, 0.1) is 0 Å². The molecule has 1 aliphatic rings. The Balaban J connectivity index is 2.35. The Morgan fingerprint density at radius 3 is 2.85 bits per heavy atom. The lowest BCUT2D eigenvalue weighted by molar-refractivity contribution is -0.127. The zero-order valence-electron chi connectivity index (χ0n) is 8.84. The number of rotatable bonds is 3. The third-order valence-corrected chi connectivity index (χ3v) is 3.00. The second-order valence-corrected chi connectivity index (χ2v) is 4.05. The van der Waals surface area contributed by atoms with E-state index in [1.807, 2.05) is 11.9 Å². The Morgan fingerprint density at radius 2 is 2.38 bits per heavy atom. The molecule has 1 rings (SSSR count). The number of carbonyl (C=O) groups excluding carboxylic acids is 1. The van der Waals surface area contributed by atoms with E-state index in [4.69, 9.17) is 0 Å². The first-order valence-corrected chi connectivity index (χ1v) is 5.05. The predicted molar refractivity (Wildman–Crippen MR) is 53.5 cm³/mol. The Hall–Kier alpha value is -0.570. The van der Waals surface area contributed by atoms with Gasteiger partial charge in [-0.05, 0) is 31.8 Å². The standard InChI is InChI=1S/C10H20N2O/c1-8(6-11-3)10-4-5-12(7-10)9(2)13/h8,10-11H,4-7H2,1-3H3. The summed E-state index contributed by atoms with van der Waals surface area (Å²) >= 11 is 0. The molecular formula is C10H20N2O. The molecule has 0 spiro atoms. The number of hydrogen-bond acceptors (Lipinski definition) is 2. The first-order chi connectivity index (χ1) is 6.15. The lowest BCUT2D eigenvalue weighted by Gasteiger charge is -2.19. The van der Waals surface area contributed by atoms with Gasteiger partial charge in [0.15, 0.2) is 0 Å². The maximum atomic E-state index is 11.1. The van der Waals surface area contributed by atoms with Crippen LogP contribution in [0.25, 0.3) is 0 Å². The summed E-state index contributed by atoms with van der Waals surface area (Å²) in [5.41, 5.74) is 0. The molecule has 0 bridgehead atoms. The van der Waals surface area contributed by atoms with E-state index >= 15 is 0 Å². The fraction of sp³-hybridized carbons (Fsp3) is 0.900. The van der Waals surface area contributed by atoms with E-state index in [1.165, 1.54) is 6.42 Å². The minimum Gasteiger partial charge on any atom is -0.343 e. The lowest BCUT2D eigenvalue weighted by atomic mass is 9.93. The van der Waals surface area contributed by atoms with Crippen LogP contribution in [0.1, 0.15) is 20.3 Å². The molecule has 0 radical (unpaired) electrons. The van der Waals surface area contributed by atoms with E-state index in [0.29, 0.717) is 11.8 Å². The Labute approximate surface area is 80.5 Å². The molecule has 3 heteroatoms. The summed E-state index contributed by atoms with van der Waals surface area (Å²) in [5, 5.41) is 3.18. The minimum atomic E-state index is 0.221. The molecule has 0 aromatic rings. The maximum absolute atomic E-state index is 11.1. The van der Waals surface area contributed by atoms with Gasteiger partial charge >= 0.3 is 0 Å². The van der Waals surface area contributed by atoms with Crippen LogP contribution in [0.3, 0.4) is 0 Å². The van der Waals surface area contributed by atoms with Crippen molar-refractivity contribution in [1.29, 1.82) is 0 Å². The molecule has 1 amide bonds. The van der Waals surface area contributed by atoms with Crippen molar-refractivity contribution in [1.82, 2.24) is 10.2 Å². The van der Waals surface area contributed by atoms with Gasteiger partial charge in [-0.3, -0.25) is 4.79 Å². The molecule has 76 valence electrons. The molecule has 0 aromatic heterocycles. The van der Waals surface area contributed by atoms with Gasteiger partial charge in [0.1, 0.15) is 0 Å². The molecule has 3 nitrogen and oxygen atoms in total. The molecule has 13 heavy (non-hydrogen) atoms. The third kappa shape index (κ3) is 2.69. The molecule has 0 aromatic carbocycles. The van der Waals surface area contributed by atoms with Crippen LogP contribution in [0.2, 0.25) is 0 Å². The molecule has 1 heterocycles. The Bertz CT molecular complexity index is 182. The van der Waals surface area contributed by atoms with Crippen molar-refractivity contribution < 1.29 is 4.79 Å². The van der Waals surface area contributed by atoms with Crippen molar-refractivity contribution in [3.05, 3.63) is 0 Å². The van der Waals surface area contributed by atoms with Crippen LogP contribution < -0.4 is 5.32 Å². The van der Waals surface area contributed by atoms with Crippen LogP contribution >= 0.6 is 0 Å². The quantitative estimate of drug-likeness (QED) is 0.700. The molecule has 1 N–H and O–H groups in total. The smallest absolute Gasteiger partial charge is 0.219 e.